The summed E-state index contributed by atoms with van der Waals surface area (Å²) >= 11 is 0. The first-order valence-electron chi connectivity index (χ1n) is 7.31. The Morgan fingerprint density at radius 2 is 1.57 bits per heavy atom. The molecule has 2 aromatic carbocycles. The smallest absolute Gasteiger partial charge is 0.0234 e. The molecule has 0 spiro atoms. The molecule has 0 aliphatic carbocycles. The standard InChI is InChI=1S/C16H17N.C4H6/c1-17-11-14-9-5-6-10-15(14)16(12-17)13-7-3-2-4-8-13;1-3-4-2/h2-10,16H,11-12H2,1H3;3-4H,1-2H2. The summed E-state index contributed by atoms with van der Waals surface area (Å²) in [5, 5.41) is 0. The molecular formula is C20H23N. The second-order valence-corrected chi connectivity index (χ2v) is 5.33. The van der Waals surface area contributed by atoms with Gasteiger partial charge in [0.05, 0.1) is 0 Å². The van der Waals surface area contributed by atoms with Gasteiger partial charge in [0.2, 0.25) is 0 Å². The van der Waals surface area contributed by atoms with Gasteiger partial charge in [-0.05, 0) is 23.7 Å². The first kappa shape index (κ1) is 15.3. The maximum Gasteiger partial charge on any atom is 0.0234 e. The normalized spacial score (nSPS) is 17.1. The molecule has 1 atom stereocenters. The molecule has 1 heterocycles. The van der Waals surface area contributed by atoms with Crippen LogP contribution in [0.1, 0.15) is 22.6 Å². The van der Waals surface area contributed by atoms with E-state index < -0.39 is 0 Å². The van der Waals surface area contributed by atoms with Gasteiger partial charge in [0.15, 0.2) is 0 Å². The van der Waals surface area contributed by atoms with Crippen LogP contribution in [0.15, 0.2) is 79.9 Å². The van der Waals surface area contributed by atoms with Crippen LogP contribution in [0.25, 0.3) is 0 Å². The Balaban J connectivity index is 0.000000361. The minimum absolute atomic E-state index is 0.520. The Hall–Kier alpha value is -2.12. The average Bonchev–Trinajstić information content (AvgIpc) is 2.55. The molecule has 1 aliphatic rings. The van der Waals surface area contributed by atoms with Gasteiger partial charge >= 0.3 is 0 Å². The molecule has 0 saturated carbocycles. The zero-order valence-corrected chi connectivity index (χ0v) is 12.7. The predicted molar refractivity (Wildman–Crippen MR) is 91.5 cm³/mol. The van der Waals surface area contributed by atoms with Crippen molar-refractivity contribution in [3.63, 3.8) is 0 Å². The summed E-state index contributed by atoms with van der Waals surface area (Å²) in [6, 6.07) is 19.6. The molecule has 1 aliphatic heterocycles. The lowest BCUT2D eigenvalue weighted by Crippen LogP contribution is -2.30. The van der Waals surface area contributed by atoms with Crippen molar-refractivity contribution in [2.24, 2.45) is 0 Å². The minimum atomic E-state index is 0.520. The third-order valence-electron chi connectivity index (χ3n) is 3.73. The fraction of sp³-hybridized carbons (Fsp3) is 0.200. The van der Waals surface area contributed by atoms with E-state index in [1.807, 2.05) is 0 Å². The molecular weight excluding hydrogens is 254 g/mol. The maximum atomic E-state index is 3.36. The van der Waals surface area contributed by atoms with Crippen LogP contribution in [0.3, 0.4) is 0 Å². The van der Waals surface area contributed by atoms with E-state index in [9.17, 15) is 0 Å². The van der Waals surface area contributed by atoms with E-state index in [4.69, 9.17) is 0 Å². The van der Waals surface area contributed by atoms with Crippen LogP contribution in [-0.4, -0.2) is 18.5 Å². The van der Waals surface area contributed by atoms with Crippen molar-refractivity contribution >= 4 is 0 Å². The second kappa shape index (κ2) is 7.61. The summed E-state index contributed by atoms with van der Waals surface area (Å²) in [5.41, 5.74) is 4.39. The largest absolute Gasteiger partial charge is 0.301 e. The number of likely N-dealkylation sites (N-methyl/N-ethyl adjacent to an activating group) is 1. The lowest BCUT2D eigenvalue weighted by atomic mass is 9.85. The first-order chi connectivity index (χ1) is 10.3. The van der Waals surface area contributed by atoms with Crippen LogP contribution in [0.2, 0.25) is 0 Å². The van der Waals surface area contributed by atoms with Crippen molar-refractivity contribution in [2.75, 3.05) is 13.6 Å². The molecule has 0 saturated heterocycles. The zero-order valence-electron chi connectivity index (χ0n) is 12.7. The van der Waals surface area contributed by atoms with Crippen LogP contribution in [0.4, 0.5) is 0 Å². The number of rotatable bonds is 2. The summed E-state index contributed by atoms with van der Waals surface area (Å²) in [7, 11) is 2.20. The number of nitrogens with zero attached hydrogens (tertiary/aromatic N) is 1. The Kier molecular flexibility index (Phi) is 5.53. The van der Waals surface area contributed by atoms with Crippen molar-refractivity contribution in [3.8, 4) is 0 Å². The summed E-state index contributed by atoms with van der Waals surface area (Å²) in [6.45, 7) is 8.90. The van der Waals surface area contributed by atoms with Gasteiger partial charge in [0.25, 0.3) is 0 Å². The first-order valence-corrected chi connectivity index (χ1v) is 7.31. The number of hydrogen-bond acceptors (Lipinski definition) is 1. The highest BCUT2D eigenvalue weighted by Gasteiger charge is 2.23. The number of fused-ring (bicyclic) bond motifs is 1. The molecule has 0 aromatic heterocycles. The van der Waals surface area contributed by atoms with Crippen molar-refractivity contribution in [3.05, 3.63) is 96.6 Å². The monoisotopic (exact) mass is 277 g/mol. The van der Waals surface area contributed by atoms with Crippen LogP contribution in [0.5, 0.6) is 0 Å². The second-order valence-electron chi connectivity index (χ2n) is 5.33. The number of allylic oxidation sites excluding steroid dienone is 2. The lowest BCUT2D eigenvalue weighted by Gasteiger charge is -2.32. The van der Waals surface area contributed by atoms with Crippen molar-refractivity contribution in [1.29, 1.82) is 0 Å². The average molecular weight is 277 g/mol. The van der Waals surface area contributed by atoms with Crippen LogP contribution >= 0.6 is 0 Å². The van der Waals surface area contributed by atoms with Crippen LogP contribution < -0.4 is 0 Å². The van der Waals surface area contributed by atoms with Gasteiger partial charge in [-0.25, -0.2) is 0 Å². The molecule has 1 heteroatoms. The van der Waals surface area contributed by atoms with Crippen LogP contribution in [0, 0.1) is 0 Å². The Bertz CT molecular complexity index is 580. The highest BCUT2D eigenvalue weighted by atomic mass is 15.1. The van der Waals surface area contributed by atoms with Crippen molar-refractivity contribution in [2.45, 2.75) is 12.5 Å². The van der Waals surface area contributed by atoms with Gasteiger partial charge in [-0.2, -0.15) is 0 Å². The summed E-state index contributed by atoms with van der Waals surface area (Å²) < 4.78 is 0. The summed E-state index contributed by atoms with van der Waals surface area (Å²) in [4.78, 5) is 2.40. The molecule has 21 heavy (non-hydrogen) atoms. The Labute approximate surface area is 128 Å². The quantitative estimate of drug-likeness (QED) is 0.724. The molecule has 0 radical (unpaired) electrons. The van der Waals surface area contributed by atoms with Gasteiger partial charge in [-0.3, -0.25) is 0 Å². The minimum Gasteiger partial charge on any atom is -0.301 e. The van der Waals surface area contributed by atoms with E-state index in [1.165, 1.54) is 16.7 Å². The molecule has 108 valence electrons. The molecule has 3 rings (SSSR count). The highest BCUT2D eigenvalue weighted by molar-refractivity contribution is 5.40. The molecule has 0 bridgehead atoms. The molecule has 1 nitrogen and oxygen atoms in total. The van der Waals surface area contributed by atoms with Crippen molar-refractivity contribution < 1.29 is 0 Å². The van der Waals surface area contributed by atoms with E-state index in [1.54, 1.807) is 12.2 Å². The maximum absolute atomic E-state index is 3.36. The van der Waals surface area contributed by atoms with E-state index in [0.29, 0.717) is 5.92 Å². The number of benzene rings is 2. The molecule has 0 fully saturated rings. The molecule has 2 aromatic rings. The number of hydrogen-bond donors (Lipinski definition) is 0. The molecule has 0 amide bonds. The topological polar surface area (TPSA) is 3.24 Å². The Morgan fingerprint density at radius 1 is 0.952 bits per heavy atom. The van der Waals surface area contributed by atoms with E-state index in [-0.39, 0.29) is 0 Å². The van der Waals surface area contributed by atoms with E-state index in [2.05, 4.69) is 79.7 Å². The van der Waals surface area contributed by atoms with Gasteiger partial charge in [-0.15, -0.1) is 0 Å². The van der Waals surface area contributed by atoms with Gasteiger partial charge in [0, 0.05) is 19.0 Å². The molecule has 0 N–H and O–H groups in total. The SMILES string of the molecule is C=CC=C.CN1Cc2ccccc2C(c2ccccc2)C1. The van der Waals surface area contributed by atoms with Gasteiger partial charge in [0.1, 0.15) is 0 Å². The van der Waals surface area contributed by atoms with Crippen LogP contribution in [-0.2, 0) is 6.54 Å². The van der Waals surface area contributed by atoms with E-state index in [0.717, 1.165) is 13.1 Å². The summed E-state index contributed by atoms with van der Waals surface area (Å²) in [5.74, 6) is 0.520. The van der Waals surface area contributed by atoms with Gasteiger partial charge < -0.3 is 4.90 Å². The third kappa shape index (κ3) is 3.93. The fourth-order valence-electron chi connectivity index (χ4n) is 2.75. The zero-order chi connectivity index (χ0) is 15.1. The Morgan fingerprint density at radius 3 is 2.24 bits per heavy atom. The molecule has 1 unspecified atom stereocenters. The predicted octanol–water partition coefficient (Wildman–Crippen LogP) is 4.62. The van der Waals surface area contributed by atoms with E-state index >= 15 is 0 Å². The summed E-state index contributed by atoms with van der Waals surface area (Å²) in [6.07, 6.45) is 3.28. The third-order valence-corrected chi connectivity index (χ3v) is 3.73. The van der Waals surface area contributed by atoms with Gasteiger partial charge in [-0.1, -0.05) is 79.9 Å². The fourth-order valence-corrected chi connectivity index (χ4v) is 2.75. The van der Waals surface area contributed by atoms with Crippen molar-refractivity contribution in [1.82, 2.24) is 4.90 Å². The highest BCUT2D eigenvalue weighted by Crippen LogP contribution is 2.32. The lowest BCUT2D eigenvalue weighted by molar-refractivity contribution is 0.295.